The number of rotatable bonds is 10. The van der Waals surface area contributed by atoms with E-state index in [1.54, 1.807) is 0 Å². The Morgan fingerprint density at radius 2 is 1.18 bits per heavy atom. The first kappa shape index (κ1) is 14.3. The molecule has 1 rings (SSSR count). The van der Waals surface area contributed by atoms with Gasteiger partial charge in [-0.2, -0.15) is 0 Å². The molecule has 96 valence electrons. The van der Waals surface area contributed by atoms with E-state index in [4.69, 9.17) is 0 Å². The molecule has 0 bridgehead atoms. The Morgan fingerprint density at radius 1 is 0.647 bits per heavy atom. The van der Waals surface area contributed by atoms with Gasteiger partial charge in [0, 0.05) is 0 Å². The molecule has 0 amide bonds. The van der Waals surface area contributed by atoms with Gasteiger partial charge in [0.05, 0.1) is 0 Å². The molecule has 0 aliphatic heterocycles. The van der Waals surface area contributed by atoms with Crippen LogP contribution in [0.3, 0.4) is 0 Å². The van der Waals surface area contributed by atoms with Crippen LogP contribution in [-0.4, -0.2) is 0 Å². The fourth-order valence-electron chi connectivity index (χ4n) is 2.28. The van der Waals surface area contributed by atoms with Crippen molar-refractivity contribution in [1.29, 1.82) is 0 Å². The normalized spacial score (nSPS) is 10.6. The third kappa shape index (κ3) is 8.01. The second kappa shape index (κ2) is 10.4. The minimum absolute atomic E-state index is 1.26. The van der Waals surface area contributed by atoms with Crippen LogP contribution in [-0.2, 0) is 6.42 Å². The summed E-state index contributed by atoms with van der Waals surface area (Å²) in [6.45, 7) is 2.28. The molecule has 1 aromatic carbocycles. The van der Waals surface area contributed by atoms with Gasteiger partial charge in [0.15, 0.2) is 0 Å². The van der Waals surface area contributed by atoms with Gasteiger partial charge in [0.25, 0.3) is 0 Å². The van der Waals surface area contributed by atoms with Crippen molar-refractivity contribution in [3.8, 4) is 0 Å². The van der Waals surface area contributed by atoms with Crippen LogP contribution in [0.2, 0.25) is 0 Å². The van der Waals surface area contributed by atoms with Gasteiger partial charge in [-0.15, -0.1) is 0 Å². The molecule has 1 aromatic rings. The third-order valence-corrected chi connectivity index (χ3v) is 3.41. The fourth-order valence-corrected chi connectivity index (χ4v) is 2.28. The summed E-state index contributed by atoms with van der Waals surface area (Å²) in [5, 5.41) is 0. The van der Waals surface area contributed by atoms with Gasteiger partial charge in [0.1, 0.15) is 0 Å². The van der Waals surface area contributed by atoms with Gasteiger partial charge < -0.3 is 0 Å². The molecule has 0 aliphatic rings. The van der Waals surface area contributed by atoms with Gasteiger partial charge in [-0.05, 0) is 18.4 Å². The lowest BCUT2D eigenvalue weighted by atomic mass is 10.1. The van der Waals surface area contributed by atoms with E-state index in [0.29, 0.717) is 0 Å². The van der Waals surface area contributed by atoms with Crippen molar-refractivity contribution in [2.75, 3.05) is 0 Å². The largest absolute Gasteiger partial charge is 0.0654 e. The van der Waals surface area contributed by atoms with Crippen LogP contribution in [0, 0.1) is 0 Å². The summed E-state index contributed by atoms with van der Waals surface area (Å²) >= 11 is 0. The second-order valence-electron chi connectivity index (χ2n) is 5.06. The van der Waals surface area contributed by atoms with E-state index in [9.17, 15) is 0 Å². The van der Waals surface area contributed by atoms with Crippen LogP contribution in [0.4, 0.5) is 0 Å². The molecule has 0 nitrogen and oxygen atoms in total. The van der Waals surface area contributed by atoms with Crippen LogP contribution in [0.25, 0.3) is 0 Å². The highest BCUT2D eigenvalue weighted by Crippen LogP contribution is 2.11. The average Bonchev–Trinajstić information content (AvgIpc) is 2.38. The minimum atomic E-state index is 1.26. The number of unbranched alkanes of at least 4 members (excludes halogenated alkanes) is 8. The van der Waals surface area contributed by atoms with Crippen molar-refractivity contribution in [3.05, 3.63) is 35.9 Å². The molecule has 0 spiro atoms. The Bertz CT molecular complexity index is 250. The predicted octanol–water partition coefficient (Wildman–Crippen LogP) is 5.76. The fraction of sp³-hybridized carbons (Fsp3) is 0.647. The first-order chi connectivity index (χ1) is 8.43. The van der Waals surface area contributed by atoms with Crippen molar-refractivity contribution >= 4 is 0 Å². The van der Waals surface area contributed by atoms with Gasteiger partial charge in [0.2, 0.25) is 0 Å². The summed E-state index contributed by atoms with van der Waals surface area (Å²) in [4.78, 5) is 0. The summed E-state index contributed by atoms with van der Waals surface area (Å²) in [6, 6.07) is 10.9. The first-order valence-corrected chi connectivity index (χ1v) is 7.47. The number of aryl methyl sites for hydroxylation is 1. The van der Waals surface area contributed by atoms with Crippen LogP contribution in [0.5, 0.6) is 0 Å². The quantitative estimate of drug-likeness (QED) is 0.454. The Morgan fingerprint density at radius 3 is 1.76 bits per heavy atom. The van der Waals surface area contributed by atoms with Crippen LogP contribution in [0.15, 0.2) is 30.3 Å². The summed E-state index contributed by atoms with van der Waals surface area (Å²) in [5.74, 6) is 0. The maximum Gasteiger partial charge on any atom is -0.0279 e. The molecule has 0 saturated carbocycles. The zero-order chi connectivity index (χ0) is 12.2. The third-order valence-electron chi connectivity index (χ3n) is 3.41. The standard InChI is InChI=1S/C17H28/c1-2-3-4-5-6-7-8-9-11-14-17-15-12-10-13-16-17/h10,12-13,15-16H,2-9,11,14H2,1H3/i10+1,12+1,13+1,15+1,16+1,17+1. The van der Waals surface area contributed by atoms with Gasteiger partial charge >= 0.3 is 0 Å². The maximum absolute atomic E-state index is 2.28. The van der Waals surface area contributed by atoms with Crippen molar-refractivity contribution in [2.24, 2.45) is 0 Å². The summed E-state index contributed by atoms with van der Waals surface area (Å²) in [6.07, 6.45) is 14.0. The highest BCUT2D eigenvalue weighted by atomic mass is 14.7. The van der Waals surface area contributed by atoms with Crippen molar-refractivity contribution < 1.29 is 0 Å². The number of hydrogen-bond acceptors (Lipinski definition) is 0. The molecule has 0 saturated heterocycles. The molecule has 0 aliphatic carbocycles. The Kier molecular flexibility index (Phi) is 8.72. The van der Waals surface area contributed by atoms with Crippen molar-refractivity contribution in [1.82, 2.24) is 0 Å². The molecule has 0 N–H and O–H groups in total. The molecule has 17 heavy (non-hydrogen) atoms. The van der Waals surface area contributed by atoms with E-state index in [2.05, 4.69) is 37.3 Å². The summed E-state index contributed by atoms with van der Waals surface area (Å²) in [5.41, 5.74) is 1.50. The Labute approximate surface area is 107 Å². The highest BCUT2D eigenvalue weighted by Gasteiger charge is 1.93. The smallest absolute Gasteiger partial charge is 0.0279 e. The molecular weight excluding hydrogens is 210 g/mol. The summed E-state index contributed by atoms with van der Waals surface area (Å²) < 4.78 is 0. The van der Waals surface area contributed by atoms with Crippen LogP contribution in [0.1, 0.15) is 70.3 Å². The monoisotopic (exact) mass is 238 g/mol. The van der Waals surface area contributed by atoms with E-state index in [1.807, 2.05) is 0 Å². The molecule has 0 atom stereocenters. The highest BCUT2D eigenvalue weighted by molar-refractivity contribution is 5.14. The topological polar surface area (TPSA) is 0 Å². The predicted molar refractivity (Wildman–Crippen MR) is 77.4 cm³/mol. The first-order valence-electron chi connectivity index (χ1n) is 7.47. The van der Waals surface area contributed by atoms with Crippen molar-refractivity contribution in [3.63, 3.8) is 0 Å². The molecular formula is C17H28. The lowest BCUT2D eigenvalue weighted by molar-refractivity contribution is 0.565. The lowest BCUT2D eigenvalue weighted by Gasteiger charge is -2.02. The molecule has 0 aromatic heterocycles. The Balaban J connectivity index is 1.85. The van der Waals surface area contributed by atoms with Crippen molar-refractivity contribution in [2.45, 2.75) is 71.1 Å². The molecule has 0 radical (unpaired) electrons. The van der Waals surface area contributed by atoms with E-state index in [0.717, 1.165) is 0 Å². The molecule has 0 fully saturated rings. The SMILES string of the molecule is CCCCCCCCCCC[13c]1[13cH][13cH][13cH][13cH][13cH]1. The van der Waals surface area contributed by atoms with E-state index in [1.165, 1.54) is 69.8 Å². The Hall–Kier alpha value is -0.780. The molecule has 0 heteroatoms. The number of benzene rings is 1. The molecule has 0 heterocycles. The average molecular weight is 238 g/mol. The lowest BCUT2D eigenvalue weighted by Crippen LogP contribution is -1.86. The summed E-state index contributed by atoms with van der Waals surface area (Å²) in [7, 11) is 0. The zero-order valence-electron chi connectivity index (χ0n) is 11.5. The van der Waals surface area contributed by atoms with E-state index >= 15 is 0 Å². The van der Waals surface area contributed by atoms with Crippen LogP contribution >= 0.6 is 0 Å². The van der Waals surface area contributed by atoms with Gasteiger partial charge in [-0.25, -0.2) is 0 Å². The maximum atomic E-state index is 2.28. The van der Waals surface area contributed by atoms with Gasteiger partial charge in [-0.1, -0.05) is 88.6 Å². The minimum Gasteiger partial charge on any atom is -0.0654 e. The van der Waals surface area contributed by atoms with Crippen LogP contribution < -0.4 is 0 Å². The number of hydrogen-bond donors (Lipinski definition) is 0. The second-order valence-corrected chi connectivity index (χ2v) is 5.06. The molecule has 0 unspecified atom stereocenters. The zero-order valence-corrected chi connectivity index (χ0v) is 11.5. The van der Waals surface area contributed by atoms with E-state index in [-0.39, 0.29) is 0 Å². The van der Waals surface area contributed by atoms with Gasteiger partial charge in [-0.3, -0.25) is 0 Å². The van der Waals surface area contributed by atoms with E-state index < -0.39 is 0 Å².